The van der Waals surface area contributed by atoms with Gasteiger partial charge in [-0.3, -0.25) is 4.79 Å². The summed E-state index contributed by atoms with van der Waals surface area (Å²) in [5.74, 6) is -0.568. The molecule has 1 aromatic rings. The van der Waals surface area contributed by atoms with Crippen molar-refractivity contribution >= 4 is 33.2 Å². The van der Waals surface area contributed by atoms with Crippen molar-refractivity contribution in [2.45, 2.75) is 13.3 Å². The van der Waals surface area contributed by atoms with Crippen molar-refractivity contribution in [3.63, 3.8) is 0 Å². The number of aryl methyl sites for hydroxylation is 1. The Labute approximate surface area is 118 Å². The van der Waals surface area contributed by atoms with Gasteiger partial charge in [0.05, 0.1) is 5.75 Å². The molecule has 0 saturated heterocycles. The van der Waals surface area contributed by atoms with Gasteiger partial charge in [-0.25, -0.2) is 12.7 Å². The number of hydrogen-bond acceptors (Lipinski definition) is 3. The number of benzene rings is 1. The fourth-order valence-electron chi connectivity index (χ4n) is 1.35. The van der Waals surface area contributed by atoms with Crippen LogP contribution >= 0.6 is 11.6 Å². The molecule has 0 aliphatic heterocycles. The molecule has 0 aliphatic carbocycles. The molecular formula is C12H17ClN2O3S. The SMILES string of the molecule is Cc1ccc(Cl)cc1NC(=O)CCS(=O)(=O)N(C)C. The highest BCUT2D eigenvalue weighted by atomic mass is 35.5. The molecule has 0 heterocycles. The number of sulfonamides is 1. The van der Waals surface area contributed by atoms with Crippen molar-refractivity contribution in [2.24, 2.45) is 0 Å². The number of rotatable bonds is 5. The molecule has 0 radical (unpaired) electrons. The van der Waals surface area contributed by atoms with E-state index < -0.39 is 10.0 Å². The fraction of sp³-hybridized carbons (Fsp3) is 0.417. The summed E-state index contributed by atoms with van der Waals surface area (Å²) in [6.45, 7) is 1.84. The van der Waals surface area contributed by atoms with Gasteiger partial charge in [-0.1, -0.05) is 17.7 Å². The van der Waals surface area contributed by atoms with E-state index in [1.54, 1.807) is 18.2 Å². The van der Waals surface area contributed by atoms with Gasteiger partial charge in [-0.2, -0.15) is 0 Å². The van der Waals surface area contributed by atoms with Crippen molar-refractivity contribution in [1.82, 2.24) is 4.31 Å². The Balaban J connectivity index is 2.64. The van der Waals surface area contributed by atoms with Crippen molar-refractivity contribution in [2.75, 3.05) is 25.2 Å². The minimum Gasteiger partial charge on any atom is -0.326 e. The highest BCUT2D eigenvalue weighted by molar-refractivity contribution is 7.89. The molecule has 0 aliphatic rings. The summed E-state index contributed by atoms with van der Waals surface area (Å²) in [6, 6.07) is 5.15. The first-order valence-corrected chi connectivity index (χ1v) is 7.67. The monoisotopic (exact) mass is 304 g/mol. The molecule has 0 bridgehead atoms. The number of anilines is 1. The van der Waals surface area contributed by atoms with Crippen LogP contribution in [0.3, 0.4) is 0 Å². The third kappa shape index (κ3) is 4.81. The first-order chi connectivity index (χ1) is 8.72. The Hall–Kier alpha value is -1.11. The van der Waals surface area contributed by atoms with Gasteiger partial charge in [0.2, 0.25) is 15.9 Å². The maximum atomic E-state index is 11.7. The third-order valence-electron chi connectivity index (χ3n) is 2.62. The lowest BCUT2D eigenvalue weighted by atomic mass is 10.2. The topological polar surface area (TPSA) is 66.5 Å². The van der Waals surface area contributed by atoms with E-state index in [9.17, 15) is 13.2 Å². The van der Waals surface area contributed by atoms with Crippen LogP contribution in [0.1, 0.15) is 12.0 Å². The van der Waals surface area contributed by atoms with Gasteiger partial charge in [0.25, 0.3) is 0 Å². The average molecular weight is 305 g/mol. The minimum atomic E-state index is -3.36. The van der Waals surface area contributed by atoms with Gasteiger partial charge in [0.1, 0.15) is 0 Å². The van der Waals surface area contributed by atoms with Crippen LogP contribution < -0.4 is 5.32 Å². The van der Waals surface area contributed by atoms with Gasteiger partial charge in [-0.05, 0) is 24.6 Å². The zero-order valence-electron chi connectivity index (χ0n) is 11.1. The molecule has 0 saturated carbocycles. The summed E-state index contributed by atoms with van der Waals surface area (Å²) in [4.78, 5) is 11.7. The second-order valence-corrected chi connectivity index (χ2v) is 7.09. The zero-order valence-corrected chi connectivity index (χ0v) is 12.7. The van der Waals surface area contributed by atoms with E-state index in [4.69, 9.17) is 11.6 Å². The number of halogens is 1. The normalized spacial score (nSPS) is 11.6. The summed E-state index contributed by atoms with van der Waals surface area (Å²) < 4.78 is 24.2. The van der Waals surface area contributed by atoms with Crippen LogP contribution in [0.2, 0.25) is 5.02 Å². The smallest absolute Gasteiger partial charge is 0.225 e. The molecule has 1 N–H and O–H groups in total. The van der Waals surface area contributed by atoms with E-state index in [1.165, 1.54) is 14.1 Å². The number of carbonyl (C=O) groups excluding carboxylic acids is 1. The van der Waals surface area contributed by atoms with E-state index in [1.807, 2.05) is 6.92 Å². The van der Waals surface area contributed by atoms with E-state index in [0.29, 0.717) is 10.7 Å². The van der Waals surface area contributed by atoms with Crippen LogP contribution in [0.15, 0.2) is 18.2 Å². The molecule has 0 fully saturated rings. The Morgan fingerprint density at radius 3 is 2.58 bits per heavy atom. The largest absolute Gasteiger partial charge is 0.326 e. The molecule has 106 valence electrons. The molecule has 7 heteroatoms. The fourth-order valence-corrected chi connectivity index (χ4v) is 2.33. The molecule has 1 aromatic carbocycles. The predicted molar refractivity (Wildman–Crippen MR) is 76.9 cm³/mol. The maximum absolute atomic E-state index is 11.7. The summed E-state index contributed by atoms with van der Waals surface area (Å²) in [7, 11) is -0.480. The van der Waals surface area contributed by atoms with Crippen LogP contribution in [-0.2, 0) is 14.8 Å². The van der Waals surface area contributed by atoms with Gasteiger partial charge in [-0.15, -0.1) is 0 Å². The third-order valence-corrected chi connectivity index (χ3v) is 4.68. The first-order valence-electron chi connectivity index (χ1n) is 5.68. The van der Waals surface area contributed by atoms with Gasteiger partial charge in [0.15, 0.2) is 0 Å². The summed E-state index contributed by atoms with van der Waals surface area (Å²) in [5, 5.41) is 3.17. The number of carbonyl (C=O) groups is 1. The van der Waals surface area contributed by atoms with Crippen LogP contribution in [0.5, 0.6) is 0 Å². The first kappa shape index (κ1) is 15.9. The molecule has 1 rings (SSSR count). The van der Waals surface area contributed by atoms with Crippen LogP contribution in [0.4, 0.5) is 5.69 Å². The second-order valence-electron chi connectivity index (χ2n) is 4.36. The minimum absolute atomic E-state index is 0.0908. The van der Waals surface area contributed by atoms with Crippen LogP contribution in [0.25, 0.3) is 0 Å². The highest BCUT2D eigenvalue weighted by Gasteiger charge is 2.16. The summed E-state index contributed by atoms with van der Waals surface area (Å²) in [6.07, 6.45) is -0.0908. The van der Waals surface area contributed by atoms with Crippen molar-refractivity contribution < 1.29 is 13.2 Å². The molecule has 19 heavy (non-hydrogen) atoms. The molecule has 0 atom stereocenters. The molecule has 1 amide bonds. The van der Waals surface area contributed by atoms with Crippen molar-refractivity contribution in [3.05, 3.63) is 28.8 Å². The van der Waals surface area contributed by atoms with E-state index in [2.05, 4.69) is 5.32 Å². The molecule has 0 unspecified atom stereocenters. The summed E-state index contributed by atoms with van der Waals surface area (Å²) in [5.41, 5.74) is 1.47. The number of hydrogen-bond donors (Lipinski definition) is 1. The lowest BCUT2D eigenvalue weighted by Gasteiger charge is -2.12. The van der Waals surface area contributed by atoms with Gasteiger partial charge < -0.3 is 5.32 Å². The molecule has 5 nitrogen and oxygen atoms in total. The Bertz CT molecular complexity index is 570. The van der Waals surface area contributed by atoms with E-state index in [0.717, 1.165) is 9.87 Å². The second kappa shape index (κ2) is 6.36. The lowest BCUT2D eigenvalue weighted by molar-refractivity contribution is -0.115. The van der Waals surface area contributed by atoms with Crippen LogP contribution in [0, 0.1) is 6.92 Å². The molecule has 0 aromatic heterocycles. The quantitative estimate of drug-likeness (QED) is 0.903. The predicted octanol–water partition coefficient (Wildman–Crippen LogP) is 1.87. The average Bonchev–Trinajstić information content (AvgIpc) is 2.31. The highest BCUT2D eigenvalue weighted by Crippen LogP contribution is 2.20. The molecule has 0 spiro atoms. The molecular weight excluding hydrogens is 288 g/mol. The maximum Gasteiger partial charge on any atom is 0.225 e. The van der Waals surface area contributed by atoms with E-state index in [-0.39, 0.29) is 18.1 Å². The zero-order chi connectivity index (χ0) is 14.6. The lowest BCUT2D eigenvalue weighted by Crippen LogP contribution is -2.27. The van der Waals surface area contributed by atoms with Crippen LogP contribution in [-0.4, -0.2) is 38.5 Å². The van der Waals surface area contributed by atoms with Crippen molar-refractivity contribution in [3.8, 4) is 0 Å². The number of nitrogens with one attached hydrogen (secondary N) is 1. The number of amides is 1. The van der Waals surface area contributed by atoms with Crippen molar-refractivity contribution in [1.29, 1.82) is 0 Å². The Morgan fingerprint density at radius 1 is 1.37 bits per heavy atom. The van der Waals surface area contributed by atoms with Gasteiger partial charge in [0, 0.05) is 31.2 Å². The van der Waals surface area contributed by atoms with E-state index >= 15 is 0 Å². The Kier molecular flexibility index (Phi) is 5.34. The van der Waals surface area contributed by atoms with Gasteiger partial charge >= 0.3 is 0 Å². The number of nitrogens with zero attached hydrogens (tertiary/aromatic N) is 1. The standard InChI is InChI=1S/C12H17ClN2O3S/c1-9-4-5-10(13)8-11(9)14-12(16)6-7-19(17,18)15(2)3/h4-5,8H,6-7H2,1-3H3,(H,14,16). The Morgan fingerprint density at radius 2 is 2.00 bits per heavy atom. The summed E-state index contributed by atoms with van der Waals surface area (Å²) >= 11 is 5.84.